The number of carbonyl (C=O) groups is 1. The maximum absolute atomic E-state index is 13.6. The van der Waals surface area contributed by atoms with E-state index in [1.807, 2.05) is 30.6 Å². The largest absolute Gasteiger partial charge is 0.452 e. The molecule has 0 bridgehead atoms. The maximum atomic E-state index is 13.6. The molecular weight excluding hydrogens is 543 g/mol. The molecule has 1 aliphatic rings. The zero-order valence-corrected chi connectivity index (χ0v) is 23.4. The number of carbonyl (C=O) groups excluding carboxylic acids is 1. The summed E-state index contributed by atoms with van der Waals surface area (Å²) in [5.41, 5.74) is 7.07. The fraction of sp³-hybridized carbons (Fsp3) is 0.161. The van der Waals surface area contributed by atoms with Crippen LogP contribution in [0.25, 0.3) is 34.0 Å². The number of benzene rings is 2. The smallest absolute Gasteiger partial charge is 0.423 e. The van der Waals surface area contributed by atoms with Crippen molar-refractivity contribution in [3.05, 3.63) is 108 Å². The average Bonchev–Trinajstić information content (AvgIpc) is 3.45. The van der Waals surface area contributed by atoms with E-state index in [0.717, 1.165) is 60.6 Å². The van der Waals surface area contributed by atoms with Gasteiger partial charge in [0.1, 0.15) is 5.82 Å². The van der Waals surface area contributed by atoms with Crippen LogP contribution >= 0.6 is 0 Å². The lowest BCUT2D eigenvalue weighted by atomic mass is 9.92. The maximum Gasteiger partial charge on any atom is 0.423 e. The summed E-state index contributed by atoms with van der Waals surface area (Å²) < 4.78 is 43.8. The molecule has 0 aliphatic carbocycles. The van der Waals surface area contributed by atoms with E-state index in [9.17, 15) is 17.6 Å². The Bertz CT molecular complexity index is 1700. The normalized spacial score (nSPS) is 13.7. The molecule has 0 fully saturated rings. The molecule has 0 saturated carbocycles. The molecule has 0 radical (unpaired) electrons. The van der Waals surface area contributed by atoms with E-state index in [4.69, 9.17) is 0 Å². The summed E-state index contributed by atoms with van der Waals surface area (Å²) in [6, 6.07) is 16.7. The summed E-state index contributed by atoms with van der Waals surface area (Å²) >= 11 is 0. The van der Waals surface area contributed by atoms with Crippen LogP contribution in [0.2, 0.25) is 0 Å². The molecule has 210 valence electrons. The molecule has 0 saturated heterocycles. The van der Waals surface area contributed by atoms with Gasteiger partial charge in [0, 0.05) is 49.9 Å². The van der Waals surface area contributed by atoms with Crippen molar-refractivity contribution in [3.8, 4) is 22.4 Å². The topological polar surface area (TPSA) is 95.6 Å². The Kier molecular flexibility index (Phi) is 8.02. The second-order valence-electron chi connectivity index (χ2n) is 9.50. The first-order valence-electron chi connectivity index (χ1n) is 12.9. The number of aromatic nitrogens is 2. The van der Waals surface area contributed by atoms with Crippen LogP contribution in [-0.2, 0) is 14.8 Å². The van der Waals surface area contributed by atoms with Crippen LogP contribution in [0.15, 0.2) is 96.4 Å². The Morgan fingerprint density at radius 2 is 1.76 bits per heavy atom. The quantitative estimate of drug-likeness (QED) is 0.291. The number of sulfonamides is 1. The molecule has 2 aromatic heterocycles. The van der Waals surface area contributed by atoms with Crippen LogP contribution in [0, 0.1) is 5.82 Å². The summed E-state index contributed by atoms with van der Waals surface area (Å²) in [5, 5.41) is 0. The van der Waals surface area contributed by atoms with Crippen molar-refractivity contribution in [1.29, 1.82) is 0 Å². The van der Waals surface area contributed by atoms with Gasteiger partial charge in [-0.25, -0.2) is 21.9 Å². The zero-order chi connectivity index (χ0) is 29.0. The van der Waals surface area contributed by atoms with Crippen LogP contribution in [0.1, 0.15) is 17.5 Å². The number of nitrogens with one attached hydrogen (secondary N) is 1. The first-order valence-corrected chi connectivity index (χ1v) is 14.4. The number of ether oxygens (including phenoxy) is 1. The van der Waals surface area contributed by atoms with Gasteiger partial charge in [-0.15, -0.1) is 0 Å². The fourth-order valence-corrected chi connectivity index (χ4v) is 5.80. The molecular formula is C31H29FN4O4S. The predicted molar refractivity (Wildman–Crippen MR) is 156 cm³/mol. The first kappa shape index (κ1) is 27.9. The van der Waals surface area contributed by atoms with Crippen molar-refractivity contribution in [2.45, 2.75) is 11.3 Å². The van der Waals surface area contributed by atoms with Crippen molar-refractivity contribution in [2.24, 2.45) is 0 Å². The molecule has 41 heavy (non-hydrogen) atoms. The van der Waals surface area contributed by atoms with Gasteiger partial charge in [-0.2, -0.15) is 0 Å². The minimum Gasteiger partial charge on any atom is -0.452 e. The lowest BCUT2D eigenvalue weighted by Crippen LogP contribution is -2.33. The second kappa shape index (κ2) is 11.8. The Hall–Kier alpha value is -4.70. The van der Waals surface area contributed by atoms with Crippen LogP contribution in [-0.4, -0.2) is 60.9 Å². The molecule has 0 unspecified atom stereocenters. The SMILES string of the molecule is COC(=O)N(C)S(=O)(=O)c1ccc(C=CN2CC=C(c3c[nH]c(-c4ccc(F)cc4)c3-c3ccncc3)CC2)cc1. The van der Waals surface area contributed by atoms with Gasteiger partial charge in [0.05, 0.1) is 17.7 Å². The number of halogens is 1. The Morgan fingerprint density at radius 3 is 2.39 bits per heavy atom. The monoisotopic (exact) mass is 572 g/mol. The molecule has 10 heteroatoms. The van der Waals surface area contributed by atoms with Crippen LogP contribution < -0.4 is 0 Å². The van der Waals surface area contributed by atoms with E-state index in [2.05, 4.69) is 25.7 Å². The van der Waals surface area contributed by atoms with Crippen LogP contribution in [0.3, 0.4) is 0 Å². The van der Waals surface area contributed by atoms with Gasteiger partial charge in [0.25, 0.3) is 10.0 Å². The highest BCUT2D eigenvalue weighted by Crippen LogP contribution is 2.39. The predicted octanol–water partition coefficient (Wildman–Crippen LogP) is 6.03. The minimum atomic E-state index is -3.98. The van der Waals surface area contributed by atoms with Gasteiger partial charge in [-0.05, 0) is 89.5 Å². The number of amides is 1. The van der Waals surface area contributed by atoms with Crippen molar-refractivity contribution in [2.75, 3.05) is 27.2 Å². The van der Waals surface area contributed by atoms with E-state index in [1.54, 1.807) is 36.7 Å². The van der Waals surface area contributed by atoms with E-state index < -0.39 is 16.1 Å². The molecule has 5 rings (SSSR count). The minimum absolute atomic E-state index is 0.00427. The Morgan fingerprint density at radius 1 is 1.05 bits per heavy atom. The van der Waals surface area contributed by atoms with Gasteiger partial charge in [-0.3, -0.25) is 4.98 Å². The van der Waals surface area contributed by atoms with E-state index in [-0.39, 0.29) is 10.7 Å². The molecule has 2 aromatic carbocycles. The number of pyridine rings is 1. The highest BCUT2D eigenvalue weighted by Gasteiger charge is 2.26. The number of H-pyrrole nitrogens is 1. The second-order valence-corrected chi connectivity index (χ2v) is 11.5. The van der Waals surface area contributed by atoms with Crippen LogP contribution in [0.4, 0.5) is 9.18 Å². The third kappa shape index (κ3) is 5.92. The molecule has 0 atom stereocenters. The third-order valence-electron chi connectivity index (χ3n) is 7.02. The van der Waals surface area contributed by atoms with Crippen LogP contribution in [0.5, 0.6) is 0 Å². The van der Waals surface area contributed by atoms with E-state index in [0.29, 0.717) is 10.8 Å². The molecule has 3 heterocycles. The molecule has 8 nitrogen and oxygen atoms in total. The summed E-state index contributed by atoms with van der Waals surface area (Å²) in [6.07, 6.45) is 11.5. The summed E-state index contributed by atoms with van der Waals surface area (Å²) in [5.74, 6) is -0.277. The standard InChI is InChI=1S/C31H29FN4O4S/c1-35(31(37)40-2)41(38,39)27-9-3-22(4-10-27)13-18-36-19-14-23(15-20-36)28-21-34-30(25-5-7-26(32)8-6-25)29(28)24-11-16-33-17-12-24/h3-14,16-18,21,34H,15,19-20H2,1-2H3. The molecule has 1 aliphatic heterocycles. The van der Waals surface area contributed by atoms with Gasteiger partial charge in [-0.1, -0.05) is 18.2 Å². The Labute approximate surface area is 238 Å². The lowest BCUT2D eigenvalue weighted by molar-refractivity contribution is 0.154. The number of aromatic amines is 1. The zero-order valence-electron chi connectivity index (χ0n) is 22.6. The van der Waals surface area contributed by atoms with Crippen molar-refractivity contribution in [1.82, 2.24) is 19.2 Å². The number of nitrogens with zero attached hydrogens (tertiary/aromatic N) is 3. The number of rotatable bonds is 7. The molecule has 0 spiro atoms. The fourth-order valence-electron chi connectivity index (χ4n) is 4.73. The molecule has 1 N–H and O–H groups in total. The first-order chi connectivity index (χ1) is 19.8. The summed E-state index contributed by atoms with van der Waals surface area (Å²) in [7, 11) is -1.70. The van der Waals surface area contributed by atoms with Crippen molar-refractivity contribution in [3.63, 3.8) is 0 Å². The highest BCUT2D eigenvalue weighted by atomic mass is 32.2. The highest BCUT2D eigenvalue weighted by molar-refractivity contribution is 7.89. The third-order valence-corrected chi connectivity index (χ3v) is 8.75. The van der Waals surface area contributed by atoms with Gasteiger partial charge < -0.3 is 14.6 Å². The van der Waals surface area contributed by atoms with Crippen molar-refractivity contribution >= 4 is 27.8 Å². The number of hydrogen-bond acceptors (Lipinski definition) is 6. The lowest BCUT2D eigenvalue weighted by Gasteiger charge is -2.25. The average molecular weight is 573 g/mol. The number of hydrogen-bond donors (Lipinski definition) is 1. The van der Waals surface area contributed by atoms with Gasteiger partial charge in [0.15, 0.2) is 0 Å². The van der Waals surface area contributed by atoms with Gasteiger partial charge >= 0.3 is 6.09 Å². The van der Waals surface area contributed by atoms with E-state index in [1.165, 1.54) is 29.8 Å². The number of methoxy groups -OCH3 is 1. The summed E-state index contributed by atoms with van der Waals surface area (Å²) in [4.78, 5) is 21.4. The summed E-state index contributed by atoms with van der Waals surface area (Å²) in [6.45, 7) is 1.50. The van der Waals surface area contributed by atoms with Crippen molar-refractivity contribution < 1.29 is 22.3 Å². The van der Waals surface area contributed by atoms with Gasteiger partial charge in [0.2, 0.25) is 0 Å². The molecule has 1 amide bonds. The Balaban J connectivity index is 1.33. The van der Waals surface area contributed by atoms with E-state index >= 15 is 0 Å². The molecule has 4 aromatic rings.